The Hall–Kier alpha value is -2.83. The van der Waals surface area contributed by atoms with Crippen molar-refractivity contribution in [2.45, 2.75) is 25.6 Å². The minimum absolute atomic E-state index is 0.360. The van der Waals surface area contributed by atoms with Gasteiger partial charge in [-0.05, 0) is 19.9 Å². The fraction of sp³-hybridized carbons (Fsp3) is 0.250. The largest absolute Gasteiger partial charge is 0.322 e. The van der Waals surface area contributed by atoms with Crippen LogP contribution in [0.1, 0.15) is 25.0 Å². The molecule has 0 spiro atoms. The van der Waals surface area contributed by atoms with E-state index in [1.54, 1.807) is 0 Å². The molecule has 134 valence electrons. The van der Waals surface area contributed by atoms with Gasteiger partial charge in [0.05, 0.1) is 17.4 Å². The van der Waals surface area contributed by atoms with Crippen LogP contribution >= 0.6 is 0 Å². The molecule has 0 aromatic heterocycles. The Morgan fingerprint density at radius 1 is 1.15 bits per heavy atom. The highest BCUT2D eigenvalue weighted by atomic mass is 16.2. The van der Waals surface area contributed by atoms with E-state index in [4.69, 9.17) is 11.5 Å². The average Bonchev–Trinajstić information content (AvgIpc) is 2.75. The third kappa shape index (κ3) is 2.83. The van der Waals surface area contributed by atoms with E-state index >= 15 is 0 Å². The summed E-state index contributed by atoms with van der Waals surface area (Å²) in [6.07, 6.45) is 0. The van der Waals surface area contributed by atoms with Gasteiger partial charge >= 0.3 is 0 Å². The molecule has 1 aliphatic rings. The predicted octanol–water partition coefficient (Wildman–Crippen LogP) is 1.46. The molecule has 2 aromatic rings. The first-order chi connectivity index (χ1) is 12.4. The summed E-state index contributed by atoms with van der Waals surface area (Å²) in [5.41, 5.74) is 12.7. The van der Waals surface area contributed by atoms with Gasteiger partial charge in [-0.3, -0.25) is 15.3 Å². The Morgan fingerprint density at radius 3 is 2.38 bits per heavy atom. The molecule has 0 radical (unpaired) electrons. The Balaban J connectivity index is 2.34. The highest BCUT2D eigenvalue weighted by Crippen LogP contribution is 2.31. The number of anilines is 1. The minimum Gasteiger partial charge on any atom is -0.322 e. The Labute approximate surface area is 152 Å². The van der Waals surface area contributed by atoms with Gasteiger partial charge in [0.1, 0.15) is 0 Å². The predicted molar refractivity (Wildman–Crippen MR) is 102 cm³/mol. The number of hydrogen-bond acceptors (Lipinski definition) is 5. The summed E-state index contributed by atoms with van der Waals surface area (Å²) >= 11 is 0. The molecular weight excluding hydrogens is 328 g/mol. The van der Waals surface area contributed by atoms with Crippen molar-refractivity contribution in [2.75, 3.05) is 11.4 Å². The maximum Gasteiger partial charge on any atom is 0.277 e. The molecule has 0 saturated carbocycles. The van der Waals surface area contributed by atoms with Crippen LogP contribution in [0, 0.1) is 0 Å². The standard InChI is InChI=1S/C20H22N4O2/c1-3-24-16-12-8-7-11-15(16)17(14-9-5-4-6-10-14)23-20(22,19(24)26)18(25)13(2)21/h4-13H,3,21-22H2,1-2H3/t13-,20?/m0/s1. The Bertz CT molecular complexity index is 876. The van der Waals surface area contributed by atoms with Crippen LogP contribution in [-0.2, 0) is 9.59 Å². The maximum atomic E-state index is 13.2. The summed E-state index contributed by atoms with van der Waals surface area (Å²) in [4.78, 5) is 32.0. The number of nitrogens with zero attached hydrogens (tertiary/aromatic N) is 2. The average molecular weight is 350 g/mol. The van der Waals surface area contributed by atoms with E-state index in [1.807, 2.05) is 61.5 Å². The summed E-state index contributed by atoms with van der Waals surface area (Å²) in [7, 11) is 0. The number of rotatable bonds is 4. The second-order valence-corrected chi connectivity index (χ2v) is 6.31. The highest BCUT2D eigenvalue weighted by Gasteiger charge is 2.48. The third-order valence-electron chi connectivity index (χ3n) is 4.46. The molecule has 0 bridgehead atoms. The molecule has 6 heteroatoms. The van der Waals surface area contributed by atoms with E-state index in [1.165, 1.54) is 11.8 Å². The first kappa shape index (κ1) is 18.0. The highest BCUT2D eigenvalue weighted by molar-refractivity contribution is 6.26. The lowest BCUT2D eigenvalue weighted by atomic mass is 9.98. The van der Waals surface area contributed by atoms with Crippen LogP contribution in [0.4, 0.5) is 5.69 Å². The number of fused-ring (bicyclic) bond motifs is 1. The van der Waals surface area contributed by atoms with Gasteiger partial charge in [0.25, 0.3) is 5.91 Å². The second kappa shape index (κ2) is 6.82. The van der Waals surface area contributed by atoms with Crippen molar-refractivity contribution in [3.63, 3.8) is 0 Å². The number of para-hydroxylation sites is 1. The zero-order valence-corrected chi connectivity index (χ0v) is 14.8. The van der Waals surface area contributed by atoms with Crippen molar-refractivity contribution in [3.05, 3.63) is 65.7 Å². The molecule has 0 aliphatic carbocycles. The number of benzodiazepines with no additional fused rings is 1. The zero-order chi connectivity index (χ0) is 18.9. The van der Waals surface area contributed by atoms with Crippen LogP contribution in [0.3, 0.4) is 0 Å². The van der Waals surface area contributed by atoms with Crippen LogP contribution in [0.5, 0.6) is 0 Å². The monoisotopic (exact) mass is 350 g/mol. The van der Waals surface area contributed by atoms with Crippen molar-refractivity contribution in [1.82, 2.24) is 0 Å². The van der Waals surface area contributed by atoms with Crippen LogP contribution in [-0.4, -0.2) is 35.7 Å². The molecule has 26 heavy (non-hydrogen) atoms. The molecule has 3 rings (SSSR count). The lowest BCUT2D eigenvalue weighted by molar-refractivity contribution is -0.134. The number of nitrogens with two attached hydrogens (primary N) is 2. The lowest BCUT2D eigenvalue weighted by Crippen LogP contribution is -2.62. The third-order valence-corrected chi connectivity index (χ3v) is 4.46. The molecule has 2 aromatic carbocycles. The SMILES string of the molecule is CCN1C(=O)C(N)(C(=O)[C@H](C)N)N=C(c2ccccc2)c2ccccc21. The van der Waals surface area contributed by atoms with E-state index in [0.29, 0.717) is 17.9 Å². The number of likely N-dealkylation sites (N-methyl/N-ethyl adjacent to an activating group) is 1. The first-order valence-electron chi connectivity index (χ1n) is 8.55. The minimum atomic E-state index is -2.06. The quantitative estimate of drug-likeness (QED) is 0.815. The number of hydrogen-bond donors (Lipinski definition) is 2. The normalized spacial score (nSPS) is 20.8. The molecule has 1 amide bonds. The van der Waals surface area contributed by atoms with E-state index in [-0.39, 0.29) is 0 Å². The van der Waals surface area contributed by atoms with Crippen molar-refractivity contribution in [1.29, 1.82) is 0 Å². The second-order valence-electron chi connectivity index (χ2n) is 6.31. The van der Waals surface area contributed by atoms with E-state index in [9.17, 15) is 9.59 Å². The topological polar surface area (TPSA) is 102 Å². The molecule has 4 N–H and O–H groups in total. The lowest BCUT2D eigenvalue weighted by Gasteiger charge is -2.29. The molecular formula is C20H22N4O2. The van der Waals surface area contributed by atoms with Crippen molar-refractivity contribution in [3.8, 4) is 0 Å². The summed E-state index contributed by atoms with van der Waals surface area (Å²) < 4.78 is 0. The van der Waals surface area contributed by atoms with E-state index in [0.717, 1.165) is 11.1 Å². The van der Waals surface area contributed by atoms with Gasteiger partial charge < -0.3 is 10.6 Å². The van der Waals surface area contributed by atoms with Crippen LogP contribution in [0.25, 0.3) is 0 Å². The van der Waals surface area contributed by atoms with Gasteiger partial charge in [-0.25, -0.2) is 4.99 Å². The maximum absolute atomic E-state index is 13.2. The van der Waals surface area contributed by atoms with Gasteiger partial charge in [0.2, 0.25) is 11.4 Å². The summed E-state index contributed by atoms with van der Waals surface area (Å²) in [5.74, 6) is -1.18. The first-order valence-corrected chi connectivity index (χ1v) is 8.55. The van der Waals surface area contributed by atoms with E-state index < -0.39 is 23.4 Å². The number of ketones is 1. The van der Waals surface area contributed by atoms with Crippen LogP contribution in [0.2, 0.25) is 0 Å². The number of Topliss-reactive ketones (excluding diaryl/α,β-unsaturated/α-hetero) is 1. The van der Waals surface area contributed by atoms with Gasteiger partial charge in [-0.15, -0.1) is 0 Å². The molecule has 1 heterocycles. The fourth-order valence-electron chi connectivity index (χ4n) is 3.15. The van der Waals surface area contributed by atoms with Crippen molar-refractivity contribution < 1.29 is 9.59 Å². The number of carbonyl (C=O) groups is 2. The van der Waals surface area contributed by atoms with Gasteiger partial charge in [0.15, 0.2) is 0 Å². The molecule has 0 fully saturated rings. The van der Waals surface area contributed by atoms with E-state index in [2.05, 4.69) is 4.99 Å². The smallest absolute Gasteiger partial charge is 0.277 e. The van der Waals surface area contributed by atoms with Gasteiger partial charge in [-0.2, -0.15) is 0 Å². The molecule has 0 saturated heterocycles. The molecule has 6 nitrogen and oxygen atoms in total. The molecule has 2 atom stereocenters. The van der Waals surface area contributed by atoms with Gasteiger partial charge in [-0.1, -0.05) is 48.5 Å². The Kier molecular flexibility index (Phi) is 4.71. The summed E-state index contributed by atoms with van der Waals surface area (Å²) in [6, 6.07) is 15.9. The Morgan fingerprint density at radius 2 is 1.77 bits per heavy atom. The molecule has 1 aliphatic heterocycles. The van der Waals surface area contributed by atoms with Crippen molar-refractivity contribution in [2.24, 2.45) is 16.5 Å². The fourth-order valence-corrected chi connectivity index (χ4v) is 3.15. The number of carbonyl (C=O) groups excluding carboxylic acids is 2. The number of benzene rings is 2. The summed E-state index contributed by atoms with van der Waals surface area (Å²) in [6.45, 7) is 3.70. The van der Waals surface area contributed by atoms with Crippen LogP contribution in [0.15, 0.2) is 59.6 Å². The molecule has 1 unspecified atom stereocenters. The number of aliphatic imine (C=N–C) groups is 1. The van der Waals surface area contributed by atoms with Gasteiger partial charge in [0, 0.05) is 17.7 Å². The van der Waals surface area contributed by atoms with Crippen LogP contribution < -0.4 is 16.4 Å². The zero-order valence-electron chi connectivity index (χ0n) is 14.8. The van der Waals surface area contributed by atoms with Crippen molar-refractivity contribution >= 4 is 23.1 Å². The summed E-state index contributed by atoms with van der Waals surface area (Å²) in [5, 5.41) is 0. The number of amides is 1.